The Bertz CT molecular complexity index is 656. The van der Waals surface area contributed by atoms with Crippen LogP contribution in [0, 0.1) is 13.8 Å². The minimum Gasteiger partial charge on any atom is -0.463 e. The van der Waals surface area contributed by atoms with Gasteiger partial charge in [-0.15, -0.1) is 0 Å². The number of aryl methyl sites for hydroxylation is 2. The minimum absolute atomic E-state index is 0.0475. The first kappa shape index (κ1) is 13.8. The maximum absolute atomic E-state index is 11.5. The second-order valence-corrected chi connectivity index (χ2v) is 4.25. The number of hydrogen-bond donors (Lipinski definition) is 1. The summed E-state index contributed by atoms with van der Waals surface area (Å²) in [7, 11) is 1.27. The van der Waals surface area contributed by atoms with Gasteiger partial charge < -0.3 is 15.2 Å². The van der Waals surface area contributed by atoms with E-state index in [0.29, 0.717) is 17.1 Å². The second kappa shape index (κ2) is 5.56. The number of methoxy groups -OCH3 is 1. The van der Waals surface area contributed by atoms with Gasteiger partial charge in [0.15, 0.2) is 5.75 Å². The van der Waals surface area contributed by atoms with Crippen molar-refractivity contribution in [3.8, 4) is 11.6 Å². The molecule has 6 nitrogen and oxygen atoms in total. The number of carbonyl (C=O) groups excluding carboxylic acids is 1. The van der Waals surface area contributed by atoms with Crippen molar-refractivity contribution >= 4 is 11.7 Å². The molecule has 1 aromatic heterocycles. The van der Waals surface area contributed by atoms with Crippen LogP contribution in [0.25, 0.3) is 0 Å². The van der Waals surface area contributed by atoms with E-state index in [4.69, 9.17) is 10.5 Å². The summed E-state index contributed by atoms with van der Waals surface area (Å²) in [6.07, 6.45) is 0. The number of ether oxygens (including phenoxy) is 2. The fourth-order valence-corrected chi connectivity index (χ4v) is 1.63. The van der Waals surface area contributed by atoms with Gasteiger partial charge in [-0.25, -0.2) is 9.78 Å². The van der Waals surface area contributed by atoms with Gasteiger partial charge in [0.1, 0.15) is 0 Å². The lowest BCUT2D eigenvalue weighted by Gasteiger charge is -2.10. The van der Waals surface area contributed by atoms with Gasteiger partial charge in [0, 0.05) is 11.8 Å². The van der Waals surface area contributed by atoms with Crippen molar-refractivity contribution < 1.29 is 14.3 Å². The second-order valence-electron chi connectivity index (χ2n) is 4.25. The summed E-state index contributed by atoms with van der Waals surface area (Å²) >= 11 is 0. The van der Waals surface area contributed by atoms with Crippen molar-refractivity contribution in [3.63, 3.8) is 0 Å². The Balaban J connectivity index is 2.36. The fourth-order valence-electron chi connectivity index (χ4n) is 1.63. The first-order valence-electron chi connectivity index (χ1n) is 5.98. The number of aromatic nitrogens is 2. The summed E-state index contributed by atoms with van der Waals surface area (Å²) in [5.41, 5.74) is 7.97. The third-order valence-electron chi connectivity index (χ3n) is 2.70. The first-order chi connectivity index (χ1) is 9.51. The highest BCUT2D eigenvalue weighted by Crippen LogP contribution is 2.28. The molecule has 0 fully saturated rings. The molecule has 20 heavy (non-hydrogen) atoms. The van der Waals surface area contributed by atoms with E-state index in [-0.39, 0.29) is 11.7 Å². The number of nitrogen functional groups attached to an aromatic ring is 1. The van der Waals surface area contributed by atoms with Crippen molar-refractivity contribution in [1.29, 1.82) is 0 Å². The van der Waals surface area contributed by atoms with Crippen LogP contribution in [0.15, 0.2) is 24.3 Å². The van der Waals surface area contributed by atoms with Crippen molar-refractivity contribution in [2.24, 2.45) is 0 Å². The molecule has 1 heterocycles. The topological polar surface area (TPSA) is 87.3 Å². The average Bonchev–Trinajstić information content (AvgIpc) is 2.42. The Morgan fingerprint density at radius 1 is 1.25 bits per heavy atom. The highest BCUT2D eigenvalue weighted by molar-refractivity contribution is 5.85. The van der Waals surface area contributed by atoms with E-state index in [1.54, 1.807) is 19.1 Å². The van der Waals surface area contributed by atoms with E-state index in [1.165, 1.54) is 7.11 Å². The lowest BCUT2D eigenvalue weighted by atomic mass is 10.2. The molecule has 104 valence electrons. The van der Waals surface area contributed by atoms with Crippen LogP contribution in [0.2, 0.25) is 0 Å². The summed E-state index contributed by atoms with van der Waals surface area (Å²) < 4.78 is 10.2. The smallest absolute Gasteiger partial charge is 0.376 e. The Morgan fingerprint density at radius 2 is 2.00 bits per heavy atom. The summed E-state index contributed by atoms with van der Waals surface area (Å²) in [4.78, 5) is 19.5. The van der Waals surface area contributed by atoms with Crippen LogP contribution in [0.4, 0.5) is 5.69 Å². The predicted molar refractivity (Wildman–Crippen MR) is 73.8 cm³/mol. The Labute approximate surface area is 116 Å². The molecule has 0 atom stereocenters. The third-order valence-corrected chi connectivity index (χ3v) is 2.70. The zero-order valence-electron chi connectivity index (χ0n) is 11.5. The number of esters is 1. The lowest BCUT2D eigenvalue weighted by molar-refractivity contribution is 0.0585. The number of nitrogens with zero attached hydrogens (tertiary/aromatic N) is 2. The van der Waals surface area contributed by atoms with Gasteiger partial charge in [-0.05, 0) is 25.5 Å². The Kier molecular flexibility index (Phi) is 3.84. The number of benzene rings is 1. The van der Waals surface area contributed by atoms with Crippen LogP contribution in [0.5, 0.6) is 11.6 Å². The van der Waals surface area contributed by atoms with E-state index < -0.39 is 5.97 Å². The molecule has 0 spiro atoms. The molecule has 0 aliphatic rings. The number of nitrogens with two attached hydrogens (primary N) is 1. The highest BCUT2D eigenvalue weighted by Gasteiger charge is 2.13. The number of carbonyl (C=O) groups is 1. The first-order valence-corrected chi connectivity index (χ1v) is 5.98. The lowest BCUT2D eigenvalue weighted by Crippen LogP contribution is -2.09. The van der Waals surface area contributed by atoms with E-state index in [0.717, 1.165) is 5.56 Å². The molecule has 0 aliphatic carbocycles. The number of hydrogen-bond acceptors (Lipinski definition) is 6. The van der Waals surface area contributed by atoms with Gasteiger partial charge in [-0.1, -0.05) is 12.1 Å². The molecule has 6 heteroatoms. The van der Waals surface area contributed by atoms with Crippen LogP contribution in [0.3, 0.4) is 0 Å². The molecular weight excluding hydrogens is 258 g/mol. The van der Waals surface area contributed by atoms with E-state index in [1.807, 2.05) is 19.1 Å². The maximum atomic E-state index is 11.5. The minimum atomic E-state index is -0.615. The molecule has 0 saturated carbocycles. The SMILES string of the molecule is COC(=O)c1nc(C)cc(Oc2cccc(C)c2N)n1. The molecule has 0 aliphatic heterocycles. The zero-order chi connectivity index (χ0) is 14.7. The largest absolute Gasteiger partial charge is 0.463 e. The molecule has 0 saturated heterocycles. The molecule has 2 rings (SSSR count). The number of rotatable bonds is 3. The summed E-state index contributed by atoms with van der Waals surface area (Å²) in [6.45, 7) is 3.62. The summed E-state index contributed by atoms with van der Waals surface area (Å²) in [5.74, 6) is 0.0682. The quantitative estimate of drug-likeness (QED) is 0.681. The molecule has 2 N–H and O–H groups in total. The van der Waals surface area contributed by atoms with Gasteiger partial charge >= 0.3 is 5.97 Å². The van der Waals surface area contributed by atoms with Crippen molar-refractivity contribution in [2.45, 2.75) is 13.8 Å². The third kappa shape index (κ3) is 2.85. The number of para-hydroxylation sites is 1. The molecule has 2 aromatic rings. The van der Waals surface area contributed by atoms with Crippen LogP contribution < -0.4 is 10.5 Å². The molecule has 0 radical (unpaired) electrons. The van der Waals surface area contributed by atoms with Crippen LogP contribution in [-0.2, 0) is 4.74 Å². The summed E-state index contributed by atoms with van der Waals surface area (Å²) in [5, 5.41) is 0. The summed E-state index contributed by atoms with van der Waals surface area (Å²) in [6, 6.07) is 7.06. The van der Waals surface area contributed by atoms with Gasteiger partial charge in [0.25, 0.3) is 0 Å². The maximum Gasteiger partial charge on any atom is 0.376 e. The average molecular weight is 273 g/mol. The van der Waals surface area contributed by atoms with Gasteiger partial charge in [-0.3, -0.25) is 0 Å². The molecular formula is C14H15N3O3. The van der Waals surface area contributed by atoms with Gasteiger partial charge in [-0.2, -0.15) is 4.98 Å². The highest BCUT2D eigenvalue weighted by atomic mass is 16.5. The van der Waals surface area contributed by atoms with Crippen molar-refractivity contribution in [1.82, 2.24) is 9.97 Å². The predicted octanol–water partition coefficient (Wildman–Crippen LogP) is 2.25. The zero-order valence-corrected chi connectivity index (χ0v) is 11.5. The van der Waals surface area contributed by atoms with Gasteiger partial charge in [0.2, 0.25) is 11.7 Å². The van der Waals surface area contributed by atoms with E-state index in [2.05, 4.69) is 14.7 Å². The Hall–Kier alpha value is -2.63. The monoisotopic (exact) mass is 273 g/mol. The van der Waals surface area contributed by atoms with Crippen LogP contribution in [-0.4, -0.2) is 23.0 Å². The molecule has 0 amide bonds. The van der Waals surface area contributed by atoms with E-state index >= 15 is 0 Å². The van der Waals surface area contributed by atoms with Crippen molar-refractivity contribution in [3.05, 3.63) is 41.3 Å². The van der Waals surface area contributed by atoms with Crippen LogP contribution >= 0.6 is 0 Å². The van der Waals surface area contributed by atoms with Gasteiger partial charge in [0.05, 0.1) is 12.8 Å². The standard InChI is InChI=1S/C14H15N3O3/c1-8-5-4-6-10(12(8)15)20-11-7-9(2)16-13(17-11)14(18)19-3/h4-7H,15H2,1-3H3. The van der Waals surface area contributed by atoms with Crippen molar-refractivity contribution in [2.75, 3.05) is 12.8 Å². The number of anilines is 1. The normalized spacial score (nSPS) is 10.2. The fraction of sp³-hybridized carbons (Fsp3) is 0.214. The van der Waals surface area contributed by atoms with Crippen LogP contribution in [0.1, 0.15) is 21.9 Å². The Morgan fingerprint density at radius 3 is 2.70 bits per heavy atom. The molecule has 0 bridgehead atoms. The molecule has 0 unspecified atom stereocenters. The van der Waals surface area contributed by atoms with E-state index in [9.17, 15) is 4.79 Å². The molecule has 1 aromatic carbocycles.